The number of likely N-dealkylation sites (tertiary alicyclic amines) is 1. The molecule has 1 aromatic carbocycles. The number of piperidine rings is 2. The first-order valence-electron chi connectivity index (χ1n) is 10.5. The third-order valence-electron chi connectivity index (χ3n) is 5.95. The molecular weight excluding hydrogens is 374 g/mol. The number of amides is 1. The zero-order chi connectivity index (χ0) is 20.0. The predicted octanol–water partition coefficient (Wildman–Crippen LogP) is 2.12. The minimum atomic E-state index is -3.07. The maximum atomic E-state index is 12.3. The summed E-state index contributed by atoms with van der Waals surface area (Å²) in [5, 5.41) is 3.02. The maximum Gasteiger partial charge on any atom is 0.251 e. The summed E-state index contributed by atoms with van der Waals surface area (Å²) in [6.07, 6.45) is 7.87. The molecule has 1 N–H and O–H groups in total. The van der Waals surface area contributed by atoms with Crippen LogP contribution in [0.15, 0.2) is 24.3 Å². The van der Waals surface area contributed by atoms with Crippen molar-refractivity contribution in [3.8, 4) is 0 Å². The average molecular weight is 408 g/mol. The molecule has 0 aliphatic carbocycles. The summed E-state index contributed by atoms with van der Waals surface area (Å²) in [5.74, 6) is 0.493. The molecule has 1 aromatic rings. The Labute approximate surface area is 169 Å². The molecule has 7 heteroatoms. The molecule has 28 heavy (non-hydrogen) atoms. The van der Waals surface area contributed by atoms with E-state index in [-0.39, 0.29) is 5.91 Å². The van der Waals surface area contributed by atoms with Crippen LogP contribution in [0.25, 0.3) is 0 Å². The van der Waals surface area contributed by atoms with E-state index in [0.29, 0.717) is 31.1 Å². The van der Waals surface area contributed by atoms with E-state index in [1.54, 1.807) is 4.31 Å². The van der Waals surface area contributed by atoms with Crippen molar-refractivity contribution in [2.75, 3.05) is 45.5 Å². The highest BCUT2D eigenvalue weighted by atomic mass is 32.2. The van der Waals surface area contributed by atoms with E-state index in [2.05, 4.69) is 10.2 Å². The molecule has 0 radical (unpaired) electrons. The van der Waals surface area contributed by atoms with Crippen LogP contribution in [0.2, 0.25) is 0 Å². The molecule has 3 rings (SSSR count). The predicted molar refractivity (Wildman–Crippen MR) is 112 cm³/mol. The van der Waals surface area contributed by atoms with Crippen molar-refractivity contribution in [2.45, 2.75) is 38.5 Å². The van der Waals surface area contributed by atoms with Gasteiger partial charge in [-0.1, -0.05) is 18.6 Å². The second-order valence-electron chi connectivity index (χ2n) is 8.16. The van der Waals surface area contributed by atoms with Gasteiger partial charge < -0.3 is 10.2 Å². The van der Waals surface area contributed by atoms with Crippen LogP contribution in [0.4, 0.5) is 0 Å². The smallest absolute Gasteiger partial charge is 0.251 e. The third-order valence-corrected chi connectivity index (χ3v) is 7.25. The molecular formula is C21H33N3O3S. The van der Waals surface area contributed by atoms with E-state index in [1.807, 2.05) is 24.3 Å². The molecule has 0 bridgehead atoms. The number of carbonyl (C=O) groups is 1. The highest BCUT2D eigenvalue weighted by Gasteiger charge is 2.24. The van der Waals surface area contributed by atoms with E-state index >= 15 is 0 Å². The van der Waals surface area contributed by atoms with Crippen LogP contribution in [0.3, 0.4) is 0 Å². The summed E-state index contributed by atoms with van der Waals surface area (Å²) in [6, 6.07) is 7.86. The lowest BCUT2D eigenvalue weighted by Crippen LogP contribution is -2.38. The minimum absolute atomic E-state index is 0.00924. The molecule has 0 aromatic heterocycles. The fourth-order valence-corrected chi connectivity index (χ4v) is 5.06. The van der Waals surface area contributed by atoms with Crippen LogP contribution >= 0.6 is 0 Å². The summed E-state index contributed by atoms with van der Waals surface area (Å²) in [4.78, 5) is 14.7. The number of nitrogens with zero attached hydrogens (tertiary/aromatic N) is 2. The van der Waals surface area contributed by atoms with Gasteiger partial charge >= 0.3 is 0 Å². The molecule has 2 saturated heterocycles. The van der Waals surface area contributed by atoms with Crippen molar-refractivity contribution in [1.29, 1.82) is 0 Å². The lowest BCUT2D eigenvalue weighted by atomic mass is 9.91. The number of benzene rings is 1. The molecule has 0 spiro atoms. The van der Waals surface area contributed by atoms with E-state index < -0.39 is 10.0 Å². The first-order valence-corrected chi connectivity index (χ1v) is 12.3. The Hall–Kier alpha value is -1.44. The molecule has 2 aliphatic heterocycles. The van der Waals surface area contributed by atoms with Crippen LogP contribution < -0.4 is 5.32 Å². The fourth-order valence-electron chi connectivity index (χ4n) is 4.18. The minimum Gasteiger partial charge on any atom is -0.351 e. The number of nitrogens with one attached hydrogen (secondary N) is 1. The maximum absolute atomic E-state index is 12.3. The zero-order valence-corrected chi connectivity index (χ0v) is 17.7. The van der Waals surface area contributed by atoms with Crippen molar-refractivity contribution >= 4 is 15.9 Å². The van der Waals surface area contributed by atoms with Gasteiger partial charge in [-0.3, -0.25) is 4.79 Å². The summed E-state index contributed by atoms with van der Waals surface area (Å²) >= 11 is 0. The molecule has 0 unspecified atom stereocenters. The molecule has 156 valence electrons. The Morgan fingerprint density at radius 1 is 1.04 bits per heavy atom. The van der Waals surface area contributed by atoms with Gasteiger partial charge in [0.2, 0.25) is 10.0 Å². The third kappa shape index (κ3) is 6.29. The normalized spacial score (nSPS) is 20.2. The second-order valence-corrected chi connectivity index (χ2v) is 10.1. The standard InChI is InChI=1S/C21H33N3O3S/c1-28(26,27)24-14-9-19(10-15-24)17-18-5-7-20(8-6-18)21(25)22-11-16-23-12-3-2-4-13-23/h5-8,19H,2-4,9-17H2,1H3,(H,22,25). The quantitative estimate of drug-likeness (QED) is 0.752. The van der Waals surface area contributed by atoms with E-state index in [1.165, 1.54) is 31.1 Å². The molecule has 2 fully saturated rings. The number of sulfonamides is 1. The topological polar surface area (TPSA) is 69.7 Å². The van der Waals surface area contributed by atoms with Crippen LogP contribution in [0.1, 0.15) is 48.0 Å². The molecule has 6 nitrogen and oxygen atoms in total. The summed E-state index contributed by atoms with van der Waals surface area (Å²) in [7, 11) is -3.07. The fraction of sp³-hybridized carbons (Fsp3) is 0.667. The zero-order valence-electron chi connectivity index (χ0n) is 16.9. The molecule has 2 heterocycles. The molecule has 0 atom stereocenters. The van der Waals surface area contributed by atoms with Crippen LogP contribution in [0, 0.1) is 5.92 Å². The molecule has 1 amide bonds. The summed E-state index contributed by atoms with van der Waals surface area (Å²) in [5.41, 5.74) is 1.91. The van der Waals surface area contributed by atoms with Gasteiger partial charge in [-0.05, 0) is 68.8 Å². The Morgan fingerprint density at radius 2 is 1.68 bits per heavy atom. The van der Waals surface area contributed by atoms with Crippen molar-refractivity contribution < 1.29 is 13.2 Å². The Bertz CT molecular complexity index is 735. The second kappa shape index (κ2) is 9.85. The van der Waals surface area contributed by atoms with Crippen molar-refractivity contribution in [1.82, 2.24) is 14.5 Å². The summed E-state index contributed by atoms with van der Waals surface area (Å²) in [6.45, 7) is 5.14. The van der Waals surface area contributed by atoms with Crippen LogP contribution in [-0.2, 0) is 16.4 Å². The van der Waals surface area contributed by atoms with Crippen molar-refractivity contribution in [3.63, 3.8) is 0 Å². The number of rotatable bonds is 7. The van der Waals surface area contributed by atoms with Gasteiger partial charge in [-0.2, -0.15) is 0 Å². The van der Waals surface area contributed by atoms with Gasteiger partial charge in [-0.25, -0.2) is 12.7 Å². The molecule has 2 aliphatic rings. The first kappa shape index (κ1) is 21.3. The van der Waals surface area contributed by atoms with Crippen molar-refractivity contribution in [2.24, 2.45) is 5.92 Å². The number of hydrogen-bond acceptors (Lipinski definition) is 4. The lowest BCUT2D eigenvalue weighted by molar-refractivity contribution is 0.0946. The Morgan fingerprint density at radius 3 is 2.29 bits per heavy atom. The van der Waals surface area contributed by atoms with Gasteiger partial charge in [0.25, 0.3) is 5.91 Å². The summed E-state index contributed by atoms with van der Waals surface area (Å²) < 4.78 is 24.8. The van der Waals surface area contributed by atoms with Gasteiger partial charge in [0.1, 0.15) is 0 Å². The molecule has 0 saturated carbocycles. The highest BCUT2D eigenvalue weighted by Crippen LogP contribution is 2.23. The van der Waals surface area contributed by atoms with E-state index in [4.69, 9.17) is 0 Å². The van der Waals surface area contributed by atoms with Gasteiger partial charge in [0.15, 0.2) is 0 Å². The van der Waals surface area contributed by atoms with Gasteiger partial charge in [0.05, 0.1) is 6.26 Å². The first-order chi connectivity index (χ1) is 13.4. The van der Waals surface area contributed by atoms with Crippen molar-refractivity contribution in [3.05, 3.63) is 35.4 Å². The van der Waals surface area contributed by atoms with Crippen LogP contribution in [0.5, 0.6) is 0 Å². The number of carbonyl (C=O) groups excluding carboxylic acids is 1. The highest BCUT2D eigenvalue weighted by molar-refractivity contribution is 7.88. The van der Waals surface area contributed by atoms with E-state index in [0.717, 1.165) is 38.9 Å². The van der Waals surface area contributed by atoms with Gasteiger partial charge in [0, 0.05) is 31.7 Å². The average Bonchev–Trinajstić information content (AvgIpc) is 2.69. The van der Waals surface area contributed by atoms with Crippen LogP contribution in [-0.4, -0.2) is 69.1 Å². The monoisotopic (exact) mass is 407 g/mol. The Balaban J connectivity index is 1.41. The largest absolute Gasteiger partial charge is 0.351 e. The van der Waals surface area contributed by atoms with Gasteiger partial charge in [-0.15, -0.1) is 0 Å². The van der Waals surface area contributed by atoms with E-state index in [9.17, 15) is 13.2 Å². The Kier molecular flexibility index (Phi) is 7.48. The number of hydrogen-bond donors (Lipinski definition) is 1. The SMILES string of the molecule is CS(=O)(=O)N1CCC(Cc2ccc(C(=O)NCCN3CCCCC3)cc2)CC1. The lowest BCUT2D eigenvalue weighted by Gasteiger charge is -2.30.